The third-order valence-electron chi connectivity index (χ3n) is 9.33. The van der Waals surface area contributed by atoms with Gasteiger partial charge in [-0.15, -0.1) is 0 Å². The van der Waals surface area contributed by atoms with E-state index >= 15 is 0 Å². The summed E-state index contributed by atoms with van der Waals surface area (Å²) >= 11 is 0. The van der Waals surface area contributed by atoms with E-state index in [-0.39, 0.29) is 12.5 Å². The molecule has 0 bridgehead atoms. The number of hydrogen-bond acceptors (Lipinski definition) is 16. The molecule has 3 aromatic carbocycles. The first kappa shape index (κ1) is 52.7. The van der Waals surface area contributed by atoms with Crippen LogP contribution in [0, 0.1) is 0 Å². The molecule has 4 rings (SSSR count). The van der Waals surface area contributed by atoms with Crippen molar-refractivity contribution in [2.45, 2.75) is 5.92 Å². The van der Waals surface area contributed by atoms with E-state index in [1.807, 2.05) is 36.4 Å². The lowest BCUT2D eigenvalue weighted by atomic mass is 9.98. The highest BCUT2D eigenvalue weighted by Crippen LogP contribution is 2.44. The lowest BCUT2D eigenvalue weighted by Crippen LogP contribution is -2.29. The number of fused-ring (bicyclic) bond motifs is 3. The smallest absolute Gasteiger partial charge is 0.407 e. The van der Waals surface area contributed by atoms with E-state index < -0.39 is 6.09 Å². The van der Waals surface area contributed by atoms with Crippen molar-refractivity contribution in [3.8, 4) is 16.9 Å². The molecule has 1 aliphatic carbocycles. The van der Waals surface area contributed by atoms with Crippen LogP contribution in [0.25, 0.3) is 11.1 Å². The Kier molecular flexibility index (Phi) is 29.9. The van der Waals surface area contributed by atoms with Crippen molar-refractivity contribution >= 4 is 11.8 Å². The molecule has 17 heteroatoms. The molecular formula is C47H70N2O15. The minimum atomic E-state index is -0.455. The Balaban J connectivity index is 0.753. The van der Waals surface area contributed by atoms with Crippen LogP contribution in [0.3, 0.4) is 0 Å². The number of rotatable bonds is 42. The first-order valence-corrected chi connectivity index (χ1v) is 22.2. The molecule has 3 aromatic rings. The fourth-order valence-corrected chi connectivity index (χ4v) is 6.18. The van der Waals surface area contributed by atoms with Crippen LogP contribution in [0.4, 0.5) is 10.5 Å². The number of alkyl carbamates (subject to hydrolysis) is 1. The zero-order valence-corrected chi connectivity index (χ0v) is 37.3. The van der Waals surface area contributed by atoms with Gasteiger partial charge >= 0.3 is 6.09 Å². The molecule has 3 N–H and O–H groups in total. The summed E-state index contributed by atoms with van der Waals surface area (Å²) < 4.78 is 77.2. The lowest BCUT2D eigenvalue weighted by Gasteiger charge is -2.14. The number of hydrogen-bond donors (Lipinski definition) is 2. The summed E-state index contributed by atoms with van der Waals surface area (Å²) in [7, 11) is 0. The first-order chi connectivity index (χ1) is 31.7. The molecule has 0 heterocycles. The molecule has 0 aromatic heterocycles. The molecule has 0 fully saturated rings. The number of carbonyl (C=O) groups excluding carboxylic acids is 1. The molecular weight excluding hydrogens is 833 g/mol. The first-order valence-electron chi connectivity index (χ1n) is 22.2. The monoisotopic (exact) mass is 902 g/mol. The normalized spacial score (nSPS) is 12.1. The Bertz CT molecular complexity index is 1540. The van der Waals surface area contributed by atoms with Crippen molar-refractivity contribution in [2.24, 2.45) is 0 Å². The number of nitrogens with two attached hydrogens (primary N) is 1. The summed E-state index contributed by atoms with van der Waals surface area (Å²) in [6, 6.07) is 23.8. The number of nitrogens with one attached hydrogen (secondary N) is 1. The van der Waals surface area contributed by atoms with E-state index in [0.29, 0.717) is 177 Å². The van der Waals surface area contributed by atoms with E-state index in [1.54, 1.807) is 12.1 Å². The molecule has 0 atom stereocenters. The van der Waals surface area contributed by atoms with Crippen LogP contribution in [0.1, 0.15) is 17.0 Å². The van der Waals surface area contributed by atoms with E-state index in [4.69, 9.17) is 72.0 Å². The third kappa shape index (κ3) is 24.4. The second kappa shape index (κ2) is 36.3. The van der Waals surface area contributed by atoms with Crippen LogP contribution in [0.5, 0.6) is 5.75 Å². The Hall–Kier alpha value is -3.95. The number of carbonyl (C=O) groups is 1. The largest absolute Gasteiger partial charge is 0.491 e. The highest BCUT2D eigenvalue weighted by atomic mass is 16.6. The standard InChI is InChI=1S/C47H70N2O15/c48-40-9-11-41(12-10-40)63-38-37-62-36-35-61-34-33-60-32-31-59-30-29-58-28-27-57-26-25-56-24-23-55-22-21-54-20-19-53-18-17-52-16-15-51-14-13-49-47(50)64-39-46-44-7-3-1-5-42(44)43-6-2-4-8-45(43)46/h1-12,46H,13-39,48H2,(H,49,50). The summed E-state index contributed by atoms with van der Waals surface area (Å²) in [6.45, 7) is 12.5. The van der Waals surface area contributed by atoms with Crippen LogP contribution in [-0.4, -0.2) is 184 Å². The maximum atomic E-state index is 12.3. The molecule has 0 radical (unpaired) electrons. The third-order valence-corrected chi connectivity index (χ3v) is 9.33. The fraction of sp³-hybridized carbons (Fsp3) is 0.596. The van der Waals surface area contributed by atoms with Gasteiger partial charge in [0.1, 0.15) is 19.0 Å². The topological polar surface area (TPSA) is 184 Å². The molecule has 17 nitrogen and oxygen atoms in total. The fourth-order valence-electron chi connectivity index (χ4n) is 6.18. The van der Waals surface area contributed by atoms with Gasteiger partial charge in [0.25, 0.3) is 0 Å². The molecule has 358 valence electrons. The number of benzene rings is 3. The zero-order valence-electron chi connectivity index (χ0n) is 37.3. The van der Waals surface area contributed by atoms with Gasteiger partial charge in [0.2, 0.25) is 0 Å². The maximum absolute atomic E-state index is 12.3. The molecule has 1 aliphatic rings. The van der Waals surface area contributed by atoms with Crippen LogP contribution < -0.4 is 15.8 Å². The summed E-state index contributed by atoms with van der Waals surface area (Å²) in [6.07, 6.45) is -0.455. The quantitative estimate of drug-likeness (QED) is 0.0603. The second-order valence-corrected chi connectivity index (χ2v) is 14.0. The summed E-state index contributed by atoms with van der Waals surface area (Å²) in [5, 5.41) is 2.74. The highest BCUT2D eigenvalue weighted by molar-refractivity contribution is 5.79. The zero-order chi connectivity index (χ0) is 44.8. The van der Waals surface area contributed by atoms with Crippen LogP contribution in [-0.2, 0) is 61.6 Å². The Morgan fingerprint density at radius 2 is 0.719 bits per heavy atom. The molecule has 0 saturated heterocycles. The second-order valence-electron chi connectivity index (χ2n) is 14.0. The number of nitrogen functional groups attached to an aromatic ring is 1. The molecule has 0 saturated carbocycles. The summed E-state index contributed by atoms with van der Waals surface area (Å²) in [5.74, 6) is 0.799. The van der Waals surface area contributed by atoms with Gasteiger partial charge in [0.15, 0.2) is 0 Å². The number of anilines is 1. The van der Waals surface area contributed by atoms with Crippen molar-refractivity contribution in [3.63, 3.8) is 0 Å². The molecule has 0 aliphatic heterocycles. The molecule has 1 amide bonds. The SMILES string of the molecule is Nc1ccc(OCCOCCOCCOCCOCCOCCOCCOCCOCCOCCOCCOCCOCCNC(=O)OCC2c3ccccc3-c3ccccc32)cc1. The lowest BCUT2D eigenvalue weighted by molar-refractivity contribution is -0.0285. The molecule has 0 unspecified atom stereocenters. The Morgan fingerprint density at radius 3 is 1.08 bits per heavy atom. The van der Waals surface area contributed by atoms with E-state index in [1.165, 1.54) is 22.3 Å². The minimum Gasteiger partial charge on any atom is -0.491 e. The number of amides is 1. The van der Waals surface area contributed by atoms with Crippen LogP contribution in [0.2, 0.25) is 0 Å². The van der Waals surface area contributed by atoms with Crippen LogP contribution in [0.15, 0.2) is 72.8 Å². The van der Waals surface area contributed by atoms with Gasteiger partial charge in [-0.2, -0.15) is 0 Å². The van der Waals surface area contributed by atoms with Gasteiger partial charge < -0.3 is 77.4 Å². The minimum absolute atomic E-state index is 0.0325. The van der Waals surface area contributed by atoms with Gasteiger partial charge in [-0.05, 0) is 46.5 Å². The van der Waals surface area contributed by atoms with Crippen molar-refractivity contribution in [1.82, 2.24) is 5.32 Å². The Morgan fingerprint density at radius 1 is 0.406 bits per heavy atom. The predicted octanol–water partition coefficient (Wildman–Crippen LogP) is 4.39. The summed E-state index contributed by atoms with van der Waals surface area (Å²) in [4.78, 5) is 12.3. The maximum Gasteiger partial charge on any atom is 0.407 e. The van der Waals surface area contributed by atoms with Gasteiger partial charge in [-0.3, -0.25) is 0 Å². The summed E-state index contributed by atoms with van der Waals surface area (Å²) in [5.41, 5.74) is 11.1. The Labute approximate surface area is 378 Å². The van der Waals surface area contributed by atoms with Crippen molar-refractivity contribution in [2.75, 3.05) is 184 Å². The van der Waals surface area contributed by atoms with Crippen molar-refractivity contribution < 1.29 is 71.1 Å². The predicted molar refractivity (Wildman–Crippen MR) is 239 cm³/mol. The van der Waals surface area contributed by atoms with Gasteiger partial charge in [0, 0.05) is 18.2 Å². The van der Waals surface area contributed by atoms with E-state index in [2.05, 4.69) is 29.6 Å². The average molecular weight is 903 g/mol. The van der Waals surface area contributed by atoms with Gasteiger partial charge in [-0.1, -0.05) is 48.5 Å². The van der Waals surface area contributed by atoms with E-state index in [9.17, 15) is 4.79 Å². The average Bonchev–Trinajstić information content (AvgIpc) is 3.64. The van der Waals surface area contributed by atoms with E-state index in [0.717, 1.165) is 5.75 Å². The molecule has 0 spiro atoms. The number of ether oxygens (including phenoxy) is 14. The molecule has 64 heavy (non-hydrogen) atoms. The van der Waals surface area contributed by atoms with Gasteiger partial charge in [-0.25, -0.2) is 4.79 Å². The van der Waals surface area contributed by atoms with Crippen molar-refractivity contribution in [1.29, 1.82) is 0 Å². The van der Waals surface area contributed by atoms with Gasteiger partial charge in [0.05, 0.1) is 159 Å². The highest BCUT2D eigenvalue weighted by Gasteiger charge is 2.29. The van der Waals surface area contributed by atoms with Crippen LogP contribution >= 0.6 is 0 Å². The van der Waals surface area contributed by atoms with Crippen molar-refractivity contribution in [3.05, 3.63) is 83.9 Å².